The third kappa shape index (κ3) is 4.54. The van der Waals surface area contributed by atoms with Crippen LogP contribution in [0.5, 0.6) is 0 Å². The zero-order valence-corrected chi connectivity index (χ0v) is 15.7. The number of β-amino-alcohol motifs (C(OH)–C–C–N with tert-alkyl or cyclic N) is 1. The van der Waals surface area contributed by atoms with Crippen molar-refractivity contribution >= 4 is 23.1 Å². The molecule has 0 bridgehead atoms. The zero-order chi connectivity index (χ0) is 20.4. The second kappa shape index (κ2) is 8.03. The van der Waals surface area contributed by atoms with Gasteiger partial charge in [0.05, 0.1) is 19.3 Å². The Hall–Kier alpha value is -2.59. The summed E-state index contributed by atoms with van der Waals surface area (Å²) < 4.78 is 45.5. The van der Waals surface area contributed by atoms with Crippen LogP contribution in [0, 0.1) is 0 Å². The van der Waals surface area contributed by atoms with Crippen molar-refractivity contribution in [2.75, 3.05) is 54.5 Å². The van der Waals surface area contributed by atoms with Crippen LogP contribution in [0.25, 0.3) is 0 Å². The maximum atomic E-state index is 13.4. The molecule has 0 unspecified atom stereocenters. The van der Waals surface area contributed by atoms with Crippen molar-refractivity contribution in [1.29, 1.82) is 0 Å². The Balaban J connectivity index is 1.54. The third-order valence-corrected chi connectivity index (χ3v) is 5.04. The van der Waals surface area contributed by atoms with Crippen molar-refractivity contribution in [2.24, 2.45) is 0 Å². The summed E-state index contributed by atoms with van der Waals surface area (Å²) >= 11 is 0. The Labute approximate surface area is 166 Å². The molecule has 1 aromatic heterocycles. The number of anilines is 4. The first-order chi connectivity index (χ1) is 13.9. The Morgan fingerprint density at radius 3 is 2.41 bits per heavy atom. The fourth-order valence-corrected chi connectivity index (χ4v) is 3.51. The molecule has 2 fully saturated rings. The van der Waals surface area contributed by atoms with Gasteiger partial charge in [0, 0.05) is 43.8 Å². The molecule has 10 heteroatoms. The van der Waals surface area contributed by atoms with Gasteiger partial charge in [0.25, 0.3) is 0 Å². The van der Waals surface area contributed by atoms with Crippen molar-refractivity contribution in [2.45, 2.75) is 18.7 Å². The van der Waals surface area contributed by atoms with Gasteiger partial charge in [-0.1, -0.05) is 0 Å². The van der Waals surface area contributed by atoms with Gasteiger partial charge < -0.3 is 25.0 Å². The Bertz CT molecular complexity index is 841. The number of aromatic nitrogens is 2. The normalized spacial score (nSPS) is 20.2. The van der Waals surface area contributed by atoms with E-state index in [1.807, 2.05) is 24.3 Å². The van der Waals surface area contributed by atoms with E-state index in [1.54, 1.807) is 0 Å². The molecule has 1 atom stereocenters. The molecule has 29 heavy (non-hydrogen) atoms. The summed E-state index contributed by atoms with van der Waals surface area (Å²) in [5, 5.41) is 12.7. The van der Waals surface area contributed by atoms with Crippen molar-refractivity contribution in [3.63, 3.8) is 0 Å². The minimum absolute atomic E-state index is 0.0773. The van der Waals surface area contributed by atoms with E-state index in [0.717, 1.165) is 25.0 Å². The molecule has 2 saturated heterocycles. The van der Waals surface area contributed by atoms with Gasteiger partial charge in [0.1, 0.15) is 11.4 Å². The summed E-state index contributed by atoms with van der Waals surface area (Å²) in [5.41, 5.74) is 0.827. The second-order valence-electron chi connectivity index (χ2n) is 7.09. The zero-order valence-electron chi connectivity index (χ0n) is 15.7. The SMILES string of the molecule is O[C@H]1CCN(c2nc(Nc3ccc(N4CCOCC4)cc3)ncc2C(F)(F)F)C1. The van der Waals surface area contributed by atoms with Crippen LogP contribution in [0.15, 0.2) is 30.5 Å². The van der Waals surface area contributed by atoms with Gasteiger partial charge in [-0.3, -0.25) is 0 Å². The average Bonchev–Trinajstić information content (AvgIpc) is 3.15. The standard InChI is InChI=1S/C19H22F3N5O2/c20-19(21,22)16-11-23-18(25-17(16)27-6-5-15(28)12-27)24-13-1-3-14(4-2-13)26-7-9-29-10-8-26/h1-4,11,15,28H,5-10,12H2,(H,23,24,25)/t15-/m0/s1. The van der Waals surface area contributed by atoms with Crippen LogP contribution in [-0.2, 0) is 10.9 Å². The lowest BCUT2D eigenvalue weighted by Gasteiger charge is -2.28. The lowest BCUT2D eigenvalue weighted by molar-refractivity contribution is -0.137. The number of benzene rings is 1. The Kier molecular flexibility index (Phi) is 5.46. The number of hydrogen-bond acceptors (Lipinski definition) is 7. The van der Waals surface area contributed by atoms with Crippen LogP contribution in [0.1, 0.15) is 12.0 Å². The van der Waals surface area contributed by atoms with Crippen LogP contribution < -0.4 is 15.1 Å². The topological polar surface area (TPSA) is 73.8 Å². The van der Waals surface area contributed by atoms with E-state index in [4.69, 9.17) is 4.74 Å². The van der Waals surface area contributed by atoms with E-state index in [-0.39, 0.29) is 18.3 Å². The number of aliphatic hydroxyl groups is 1. The highest BCUT2D eigenvalue weighted by Gasteiger charge is 2.38. The van der Waals surface area contributed by atoms with Gasteiger partial charge in [-0.2, -0.15) is 18.2 Å². The summed E-state index contributed by atoms with van der Waals surface area (Å²) in [4.78, 5) is 11.6. The average molecular weight is 409 g/mol. The Morgan fingerprint density at radius 2 is 1.79 bits per heavy atom. The van der Waals surface area contributed by atoms with Crippen molar-refractivity contribution in [3.8, 4) is 0 Å². The molecule has 2 aliphatic heterocycles. The summed E-state index contributed by atoms with van der Waals surface area (Å²) in [6.45, 7) is 3.45. The molecule has 0 saturated carbocycles. The molecule has 2 aliphatic rings. The smallest absolute Gasteiger partial charge is 0.391 e. The quantitative estimate of drug-likeness (QED) is 0.804. The molecule has 1 aromatic carbocycles. The first kappa shape index (κ1) is 19.7. The maximum absolute atomic E-state index is 13.4. The van der Waals surface area contributed by atoms with Gasteiger partial charge >= 0.3 is 6.18 Å². The predicted molar refractivity (Wildman–Crippen MR) is 103 cm³/mol. The molecule has 3 heterocycles. The second-order valence-corrected chi connectivity index (χ2v) is 7.09. The van der Waals surface area contributed by atoms with Crippen LogP contribution in [-0.4, -0.2) is 60.6 Å². The first-order valence-corrected chi connectivity index (χ1v) is 9.47. The van der Waals surface area contributed by atoms with Gasteiger partial charge in [-0.25, -0.2) is 4.98 Å². The number of aliphatic hydroxyl groups excluding tert-OH is 1. The lowest BCUT2D eigenvalue weighted by atomic mass is 10.2. The molecular formula is C19H22F3N5O2. The van der Waals surface area contributed by atoms with Gasteiger partial charge in [0.2, 0.25) is 5.95 Å². The number of ether oxygens (including phenoxy) is 1. The van der Waals surface area contributed by atoms with E-state index >= 15 is 0 Å². The lowest BCUT2D eigenvalue weighted by Crippen LogP contribution is -2.36. The molecule has 7 nitrogen and oxygen atoms in total. The molecule has 0 aliphatic carbocycles. The highest BCUT2D eigenvalue weighted by atomic mass is 19.4. The van der Waals surface area contributed by atoms with Crippen LogP contribution in [0.2, 0.25) is 0 Å². The van der Waals surface area contributed by atoms with Crippen molar-refractivity contribution in [3.05, 3.63) is 36.0 Å². The van der Waals surface area contributed by atoms with E-state index < -0.39 is 17.8 Å². The summed E-state index contributed by atoms with van der Waals surface area (Å²) in [6.07, 6.45) is -4.03. The molecular weight excluding hydrogens is 387 g/mol. The van der Waals surface area contributed by atoms with Crippen LogP contribution >= 0.6 is 0 Å². The fraction of sp³-hybridized carbons (Fsp3) is 0.474. The number of halogens is 3. The number of nitrogens with one attached hydrogen (secondary N) is 1. The number of nitrogens with zero attached hydrogens (tertiary/aromatic N) is 4. The van der Waals surface area contributed by atoms with E-state index in [0.29, 0.717) is 31.9 Å². The predicted octanol–water partition coefficient (Wildman–Crippen LogP) is 2.65. The molecule has 0 radical (unpaired) electrons. The number of hydrogen-bond donors (Lipinski definition) is 2. The minimum Gasteiger partial charge on any atom is -0.391 e. The number of rotatable bonds is 4. The molecule has 4 rings (SSSR count). The van der Waals surface area contributed by atoms with E-state index in [9.17, 15) is 18.3 Å². The van der Waals surface area contributed by atoms with Crippen LogP contribution in [0.4, 0.5) is 36.3 Å². The van der Waals surface area contributed by atoms with Crippen molar-refractivity contribution < 1.29 is 23.0 Å². The molecule has 156 valence electrons. The van der Waals surface area contributed by atoms with E-state index in [2.05, 4.69) is 20.2 Å². The Morgan fingerprint density at radius 1 is 1.07 bits per heavy atom. The van der Waals surface area contributed by atoms with Gasteiger partial charge in [0.15, 0.2) is 0 Å². The molecule has 0 spiro atoms. The molecule has 2 aromatic rings. The third-order valence-electron chi connectivity index (χ3n) is 5.04. The summed E-state index contributed by atoms with van der Waals surface area (Å²) in [5.74, 6) is -0.134. The molecule has 2 N–H and O–H groups in total. The largest absolute Gasteiger partial charge is 0.421 e. The first-order valence-electron chi connectivity index (χ1n) is 9.47. The minimum atomic E-state index is -4.57. The van der Waals surface area contributed by atoms with Crippen LogP contribution in [0.3, 0.4) is 0 Å². The molecule has 0 amide bonds. The van der Waals surface area contributed by atoms with Gasteiger partial charge in [-0.15, -0.1) is 0 Å². The fourth-order valence-electron chi connectivity index (χ4n) is 3.51. The highest BCUT2D eigenvalue weighted by Crippen LogP contribution is 2.37. The monoisotopic (exact) mass is 409 g/mol. The highest BCUT2D eigenvalue weighted by molar-refractivity contribution is 5.61. The van der Waals surface area contributed by atoms with Crippen molar-refractivity contribution in [1.82, 2.24) is 9.97 Å². The van der Waals surface area contributed by atoms with Gasteiger partial charge in [-0.05, 0) is 30.7 Å². The number of alkyl halides is 3. The number of morpholine rings is 1. The summed E-state index contributed by atoms with van der Waals surface area (Å²) in [7, 11) is 0. The maximum Gasteiger partial charge on any atom is 0.421 e. The summed E-state index contributed by atoms with van der Waals surface area (Å²) in [6, 6.07) is 7.56. The van der Waals surface area contributed by atoms with E-state index in [1.165, 1.54) is 4.90 Å².